The van der Waals surface area contributed by atoms with Crippen LogP contribution >= 0.6 is 11.8 Å². The van der Waals surface area contributed by atoms with Crippen molar-refractivity contribution in [1.82, 2.24) is 14.8 Å². The van der Waals surface area contributed by atoms with E-state index >= 15 is 0 Å². The molecule has 37 heavy (non-hydrogen) atoms. The van der Waals surface area contributed by atoms with Crippen LogP contribution in [0.5, 0.6) is 11.5 Å². The summed E-state index contributed by atoms with van der Waals surface area (Å²) in [5.74, 6) is 2.29. The summed E-state index contributed by atoms with van der Waals surface area (Å²) >= 11 is 1.55. The number of nitrogens with zero attached hydrogens (tertiary/aromatic N) is 3. The molecule has 2 aromatic carbocycles. The number of ether oxygens (including phenoxy) is 3. The Morgan fingerprint density at radius 1 is 1.05 bits per heavy atom. The quantitative estimate of drug-likeness (QED) is 0.245. The highest BCUT2D eigenvalue weighted by Gasteiger charge is 2.35. The van der Waals surface area contributed by atoms with Crippen molar-refractivity contribution >= 4 is 23.7 Å². The molecule has 1 aliphatic rings. The number of nitrogens with one attached hydrogen (secondary N) is 1. The van der Waals surface area contributed by atoms with Crippen molar-refractivity contribution < 1.29 is 19.0 Å². The fourth-order valence-corrected chi connectivity index (χ4v) is 4.65. The molecule has 0 saturated heterocycles. The van der Waals surface area contributed by atoms with Crippen molar-refractivity contribution in [3.8, 4) is 11.5 Å². The molecule has 9 heteroatoms. The van der Waals surface area contributed by atoms with Gasteiger partial charge in [-0.1, -0.05) is 61.5 Å². The number of hydrogen-bond donors (Lipinski definition) is 1. The van der Waals surface area contributed by atoms with Crippen molar-refractivity contribution in [3.05, 3.63) is 70.4 Å². The van der Waals surface area contributed by atoms with Gasteiger partial charge in [0.15, 0.2) is 11.5 Å². The molecule has 1 aromatic heterocycles. The molecule has 0 bridgehead atoms. The lowest BCUT2D eigenvalue weighted by Gasteiger charge is -2.28. The minimum absolute atomic E-state index is 0.347. The highest BCUT2D eigenvalue weighted by atomic mass is 32.2. The molecule has 1 unspecified atom stereocenters. The lowest BCUT2D eigenvalue weighted by Crippen LogP contribution is -2.29. The van der Waals surface area contributed by atoms with E-state index in [9.17, 15) is 4.79 Å². The number of allylic oxidation sites excluding steroid dienone is 1. The number of benzene rings is 2. The second-order valence-electron chi connectivity index (χ2n) is 8.71. The molecule has 0 amide bonds. The van der Waals surface area contributed by atoms with Crippen LogP contribution in [0.15, 0.2) is 58.9 Å². The van der Waals surface area contributed by atoms with E-state index in [0.717, 1.165) is 23.3 Å². The number of aromatic nitrogens is 3. The number of esters is 1. The third kappa shape index (κ3) is 6.10. The van der Waals surface area contributed by atoms with E-state index in [-0.39, 0.29) is 5.97 Å². The topological polar surface area (TPSA) is 87.5 Å². The van der Waals surface area contributed by atoms with E-state index < -0.39 is 6.04 Å². The van der Waals surface area contributed by atoms with E-state index in [0.29, 0.717) is 53.7 Å². The van der Waals surface area contributed by atoms with Gasteiger partial charge in [-0.15, -0.1) is 5.10 Å². The van der Waals surface area contributed by atoms with Gasteiger partial charge in [-0.25, -0.2) is 9.48 Å². The second kappa shape index (κ2) is 12.2. The average molecular weight is 523 g/mol. The molecule has 4 rings (SSSR count). The lowest BCUT2D eigenvalue weighted by atomic mass is 9.95. The summed E-state index contributed by atoms with van der Waals surface area (Å²) < 4.78 is 19.4. The maximum absolute atomic E-state index is 13.2. The molecule has 196 valence electrons. The third-order valence-corrected chi connectivity index (χ3v) is 6.58. The number of hydrogen-bond acceptors (Lipinski definition) is 8. The molecule has 0 spiro atoms. The van der Waals surface area contributed by atoms with Gasteiger partial charge in [0.25, 0.3) is 0 Å². The monoisotopic (exact) mass is 522 g/mol. The number of fused-ring (bicyclic) bond motifs is 1. The Morgan fingerprint density at radius 2 is 1.84 bits per heavy atom. The van der Waals surface area contributed by atoms with Gasteiger partial charge in [0.2, 0.25) is 11.1 Å². The van der Waals surface area contributed by atoms with E-state index in [2.05, 4.69) is 48.4 Å². The molecule has 3 aromatic rings. The number of rotatable bonds is 11. The molecule has 0 saturated carbocycles. The van der Waals surface area contributed by atoms with Gasteiger partial charge in [-0.2, -0.15) is 4.98 Å². The van der Waals surface area contributed by atoms with Crippen molar-refractivity contribution in [1.29, 1.82) is 0 Å². The van der Waals surface area contributed by atoms with Crippen molar-refractivity contribution in [2.75, 3.05) is 24.3 Å². The van der Waals surface area contributed by atoms with Gasteiger partial charge in [-0.3, -0.25) is 0 Å². The van der Waals surface area contributed by atoms with Gasteiger partial charge in [0.1, 0.15) is 12.6 Å². The van der Waals surface area contributed by atoms with Gasteiger partial charge in [0, 0.05) is 5.70 Å². The molecule has 8 nitrogen and oxygen atoms in total. The predicted octanol–water partition coefficient (Wildman–Crippen LogP) is 5.92. The zero-order chi connectivity index (χ0) is 26.4. The van der Waals surface area contributed by atoms with Crippen LogP contribution in [0.4, 0.5) is 5.95 Å². The molecular formula is C28H34N4O4S. The van der Waals surface area contributed by atoms with Crippen LogP contribution in [0, 0.1) is 6.92 Å². The summed E-state index contributed by atoms with van der Waals surface area (Å²) in [5, 5.41) is 8.60. The SMILES string of the molecule is CCCOC(=O)C1=C(C)Nc2nc(SCC)nn2C1c1ccc(OCc2ccc(C)cc2)c(OCC)c1. The Hall–Kier alpha value is -3.46. The van der Waals surface area contributed by atoms with Crippen LogP contribution < -0.4 is 14.8 Å². The van der Waals surface area contributed by atoms with Crippen molar-refractivity contribution in [2.45, 2.75) is 58.8 Å². The molecule has 0 aliphatic carbocycles. The predicted molar refractivity (Wildman–Crippen MR) is 145 cm³/mol. The minimum Gasteiger partial charge on any atom is -0.490 e. The average Bonchev–Trinajstić information content (AvgIpc) is 3.28. The van der Waals surface area contributed by atoms with Crippen molar-refractivity contribution in [2.24, 2.45) is 0 Å². The summed E-state index contributed by atoms with van der Waals surface area (Å²) in [7, 11) is 0. The minimum atomic E-state index is -0.523. The fourth-order valence-electron chi connectivity index (χ4n) is 4.09. The third-order valence-electron chi connectivity index (χ3n) is 5.86. The second-order valence-corrected chi connectivity index (χ2v) is 9.94. The Kier molecular flexibility index (Phi) is 8.76. The van der Waals surface area contributed by atoms with Gasteiger partial charge in [0.05, 0.1) is 18.8 Å². The summed E-state index contributed by atoms with van der Waals surface area (Å²) in [6.45, 7) is 11.1. The molecule has 0 fully saturated rings. The highest BCUT2D eigenvalue weighted by molar-refractivity contribution is 7.99. The van der Waals surface area contributed by atoms with Crippen LogP contribution in [-0.2, 0) is 16.1 Å². The first-order valence-corrected chi connectivity index (χ1v) is 13.6. The standard InChI is InChI=1S/C28H34N4O4S/c1-6-15-35-26(33)24-19(5)29-27-30-28(37-8-3)31-32(27)25(24)21-13-14-22(23(16-21)34-7-2)36-17-20-11-9-18(4)10-12-20/h9-14,16,25H,6-8,15,17H2,1-5H3,(H,29,30,31). The molecule has 1 atom stereocenters. The summed E-state index contributed by atoms with van der Waals surface area (Å²) in [6.07, 6.45) is 0.740. The van der Waals surface area contributed by atoms with Gasteiger partial charge >= 0.3 is 5.97 Å². The molecule has 1 aliphatic heterocycles. The number of anilines is 1. The lowest BCUT2D eigenvalue weighted by molar-refractivity contribution is -0.139. The van der Waals surface area contributed by atoms with Crippen LogP contribution in [0.25, 0.3) is 0 Å². The zero-order valence-electron chi connectivity index (χ0n) is 22.0. The first-order valence-electron chi connectivity index (χ1n) is 12.6. The Bertz CT molecular complexity index is 1270. The Balaban J connectivity index is 1.72. The van der Waals surface area contributed by atoms with Crippen LogP contribution in [0.3, 0.4) is 0 Å². The normalized spacial score (nSPS) is 14.7. The van der Waals surface area contributed by atoms with Crippen molar-refractivity contribution in [3.63, 3.8) is 0 Å². The molecule has 1 N–H and O–H groups in total. The summed E-state index contributed by atoms with van der Waals surface area (Å²) in [4.78, 5) is 17.8. The number of carbonyl (C=O) groups excluding carboxylic acids is 1. The van der Waals surface area contributed by atoms with Crippen LogP contribution in [-0.4, -0.2) is 39.7 Å². The van der Waals surface area contributed by atoms with Gasteiger partial charge in [-0.05, 0) is 56.2 Å². The fraction of sp³-hybridized carbons (Fsp3) is 0.393. The first kappa shape index (κ1) is 26.6. The van der Waals surface area contributed by atoms with Gasteiger partial charge < -0.3 is 19.5 Å². The zero-order valence-corrected chi connectivity index (χ0v) is 22.9. The Labute approximate surface area is 222 Å². The molecule has 0 radical (unpaired) electrons. The van der Waals surface area contributed by atoms with E-state index in [1.807, 2.05) is 39.0 Å². The Morgan fingerprint density at radius 3 is 2.54 bits per heavy atom. The van der Waals surface area contributed by atoms with E-state index in [4.69, 9.17) is 19.3 Å². The molecule has 2 heterocycles. The van der Waals surface area contributed by atoms with E-state index in [1.54, 1.807) is 16.4 Å². The molecular weight excluding hydrogens is 488 g/mol. The largest absolute Gasteiger partial charge is 0.490 e. The maximum Gasteiger partial charge on any atom is 0.338 e. The summed E-state index contributed by atoms with van der Waals surface area (Å²) in [5.41, 5.74) is 4.29. The van der Waals surface area contributed by atoms with Crippen LogP contribution in [0.2, 0.25) is 0 Å². The number of carbonyl (C=O) groups is 1. The first-order chi connectivity index (χ1) is 17.9. The number of thioether (sulfide) groups is 1. The smallest absolute Gasteiger partial charge is 0.338 e. The summed E-state index contributed by atoms with van der Waals surface area (Å²) in [6, 6.07) is 13.5. The van der Waals surface area contributed by atoms with Crippen LogP contribution in [0.1, 0.15) is 56.8 Å². The van der Waals surface area contributed by atoms with E-state index in [1.165, 1.54) is 5.56 Å². The number of aryl methyl sites for hydroxylation is 1. The maximum atomic E-state index is 13.2. The highest BCUT2D eigenvalue weighted by Crippen LogP contribution is 2.40.